The van der Waals surface area contributed by atoms with E-state index in [4.69, 9.17) is 4.74 Å². The minimum Gasteiger partial charge on any atom is -0.465 e. The topological polar surface area (TPSA) is 43.4 Å². The van der Waals surface area contributed by atoms with Gasteiger partial charge in [-0.15, -0.1) is 0 Å². The second-order valence-corrected chi connectivity index (χ2v) is 5.12. The Bertz CT molecular complexity index is 466. The molecule has 94 valence electrons. The quantitative estimate of drug-likeness (QED) is 0.761. The monoisotopic (exact) mass is 244 g/mol. The summed E-state index contributed by atoms with van der Waals surface area (Å²) in [5, 5.41) is 0. The molecule has 2 unspecified atom stereocenters. The van der Waals surface area contributed by atoms with E-state index in [1.165, 1.54) is 0 Å². The average Bonchev–Trinajstić information content (AvgIpc) is 3.01. The van der Waals surface area contributed by atoms with Crippen LogP contribution in [0.15, 0.2) is 30.3 Å². The summed E-state index contributed by atoms with van der Waals surface area (Å²) < 4.78 is 5.26. The lowest BCUT2D eigenvalue weighted by molar-refractivity contribution is -0.146. The molecule has 0 heterocycles. The van der Waals surface area contributed by atoms with Gasteiger partial charge in [-0.2, -0.15) is 0 Å². The van der Waals surface area contributed by atoms with E-state index in [1.54, 1.807) is 0 Å². The lowest BCUT2D eigenvalue weighted by atomic mass is 10.1. The van der Waals surface area contributed by atoms with E-state index >= 15 is 0 Å². The molecule has 0 aliphatic heterocycles. The van der Waals surface area contributed by atoms with Gasteiger partial charge < -0.3 is 4.74 Å². The highest BCUT2D eigenvalue weighted by Gasteiger charge is 2.62. The molecule has 0 saturated heterocycles. The second kappa shape index (κ2) is 4.56. The van der Waals surface area contributed by atoms with Crippen LogP contribution in [-0.2, 0) is 20.7 Å². The molecule has 2 fully saturated rings. The van der Waals surface area contributed by atoms with Gasteiger partial charge in [0.1, 0.15) is 5.78 Å². The van der Waals surface area contributed by atoms with Crippen LogP contribution in [0.5, 0.6) is 0 Å². The van der Waals surface area contributed by atoms with Crippen molar-refractivity contribution in [2.75, 3.05) is 6.61 Å². The number of esters is 1. The third-order valence-electron chi connectivity index (χ3n) is 4.01. The van der Waals surface area contributed by atoms with Crippen molar-refractivity contribution in [3.05, 3.63) is 35.9 Å². The molecule has 3 atom stereocenters. The molecular formula is C15H16O3. The van der Waals surface area contributed by atoms with Crippen molar-refractivity contribution in [1.82, 2.24) is 0 Å². The van der Waals surface area contributed by atoms with Crippen molar-refractivity contribution in [3.63, 3.8) is 0 Å². The standard InChI is InChI=1S/C15H16O3/c16-12-7-6-11-13(12)14(11)15(17)18-9-8-10-4-2-1-3-5-10/h1-5,11,13-14H,6-9H2/t11?,13?,14-/m0/s1. The Hall–Kier alpha value is -1.64. The van der Waals surface area contributed by atoms with Gasteiger partial charge in [-0.1, -0.05) is 30.3 Å². The Kier molecular flexibility index (Phi) is 2.90. The molecule has 1 aromatic carbocycles. The van der Waals surface area contributed by atoms with Crippen LogP contribution in [-0.4, -0.2) is 18.4 Å². The van der Waals surface area contributed by atoms with Crippen molar-refractivity contribution < 1.29 is 14.3 Å². The minimum absolute atomic E-state index is 0.00535. The third-order valence-corrected chi connectivity index (χ3v) is 4.01. The molecule has 3 nitrogen and oxygen atoms in total. The molecule has 3 rings (SSSR count). The van der Waals surface area contributed by atoms with Gasteiger partial charge in [-0.3, -0.25) is 9.59 Å². The molecule has 2 saturated carbocycles. The number of Topliss-reactive ketones (excluding diaryl/α,β-unsaturated/α-hetero) is 1. The third kappa shape index (κ3) is 2.05. The maximum absolute atomic E-state index is 11.8. The van der Waals surface area contributed by atoms with E-state index < -0.39 is 0 Å². The Morgan fingerprint density at radius 3 is 2.72 bits per heavy atom. The molecule has 3 heteroatoms. The van der Waals surface area contributed by atoms with Crippen molar-refractivity contribution >= 4 is 11.8 Å². The van der Waals surface area contributed by atoms with Crippen molar-refractivity contribution in [3.8, 4) is 0 Å². The Morgan fingerprint density at radius 2 is 2.06 bits per heavy atom. The highest BCUT2D eigenvalue weighted by Crippen LogP contribution is 2.55. The summed E-state index contributed by atoms with van der Waals surface area (Å²) in [6.07, 6.45) is 2.27. The summed E-state index contributed by atoms with van der Waals surface area (Å²) in [5.74, 6) is 0.247. The van der Waals surface area contributed by atoms with E-state index in [-0.39, 0.29) is 23.6 Å². The predicted octanol–water partition coefficient (Wildman–Crippen LogP) is 2.00. The number of benzene rings is 1. The number of hydrogen-bond donors (Lipinski definition) is 0. The van der Waals surface area contributed by atoms with Crippen molar-refractivity contribution in [1.29, 1.82) is 0 Å². The largest absolute Gasteiger partial charge is 0.465 e. The Labute approximate surface area is 106 Å². The number of carbonyl (C=O) groups is 2. The first-order valence-corrected chi connectivity index (χ1v) is 6.50. The molecule has 0 bridgehead atoms. The average molecular weight is 244 g/mol. The zero-order valence-electron chi connectivity index (χ0n) is 10.2. The second-order valence-electron chi connectivity index (χ2n) is 5.12. The number of carbonyl (C=O) groups excluding carboxylic acids is 2. The lowest BCUT2D eigenvalue weighted by Crippen LogP contribution is -2.14. The molecule has 0 N–H and O–H groups in total. The summed E-state index contributed by atoms with van der Waals surface area (Å²) in [5.41, 5.74) is 1.16. The summed E-state index contributed by atoms with van der Waals surface area (Å²) in [6.45, 7) is 0.410. The summed E-state index contributed by atoms with van der Waals surface area (Å²) in [4.78, 5) is 23.2. The molecule has 18 heavy (non-hydrogen) atoms. The van der Waals surface area contributed by atoms with Crippen LogP contribution in [0.25, 0.3) is 0 Å². The number of hydrogen-bond acceptors (Lipinski definition) is 3. The number of ketones is 1. The van der Waals surface area contributed by atoms with E-state index in [1.807, 2.05) is 30.3 Å². The zero-order valence-corrected chi connectivity index (χ0v) is 10.2. The van der Waals surface area contributed by atoms with Gasteiger partial charge in [-0.25, -0.2) is 0 Å². The minimum atomic E-state index is -0.172. The zero-order chi connectivity index (χ0) is 12.5. The fourth-order valence-electron chi connectivity index (χ4n) is 2.98. The van der Waals surface area contributed by atoms with Gasteiger partial charge in [-0.05, 0) is 17.9 Å². The maximum atomic E-state index is 11.8. The van der Waals surface area contributed by atoms with Gasteiger partial charge in [0.25, 0.3) is 0 Å². The highest BCUT2D eigenvalue weighted by atomic mass is 16.5. The SMILES string of the molecule is O=C1CCC2C1[C@H]2C(=O)OCCc1ccccc1. The van der Waals surface area contributed by atoms with Gasteiger partial charge in [0.15, 0.2) is 0 Å². The number of ether oxygens (including phenoxy) is 1. The lowest BCUT2D eigenvalue weighted by Gasteiger charge is -2.05. The Morgan fingerprint density at radius 1 is 1.28 bits per heavy atom. The Balaban J connectivity index is 1.45. The molecule has 0 aromatic heterocycles. The highest BCUT2D eigenvalue weighted by molar-refractivity contribution is 5.94. The van der Waals surface area contributed by atoms with Crippen LogP contribution in [0.2, 0.25) is 0 Å². The maximum Gasteiger partial charge on any atom is 0.309 e. The number of rotatable bonds is 4. The fraction of sp³-hybridized carbons (Fsp3) is 0.467. The smallest absolute Gasteiger partial charge is 0.309 e. The normalized spacial score (nSPS) is 28.9. The first kappa shape index (κ1) is 11.5. The number of fused-ring (bicyclic) bond motifs is 1. The molecule has 0 spiro atoms. The van der Waals surface area contributed by atoms with E-state index in [0.717, 1.165) is 18.4 Å². The summed E-state index contributed by atoms with van der Waals surface area (Å²) in [7, 11) is 0. The molecular weight excluding hydrogens is 228 g/mol. The van der Waals surface area contributed by atoms with Gasteiger partial charge in [0.05, 0.1) is 12.5 Å². The predicted molar refractivity (Wildman–Crippen MR) is 65.8 cm³/mol. The van der Waals surface area contributed by atoms with Gasteiger partial charge >= 0.3 is 5.97 Å². The van der Waals surface area contributed by atoms with Gasteiger partial charge in [0, 0.05) is 18.8 Å². The van der Waals surface area contributed by atoms with Crippen LogP contribution < -0.4 is 0 Å². The summed E-state index contributed by atoms with van der Waals surface area (Å²) >= 11 is 0. The molecule has 2 aliphatic rings. The van der Waals surface area contributed by atoms with E-state index in [9.17, 15) is 9.59 Å². The van der Waals surface area contributed by atoms with Crippen molar-refractivity contribution in [2.45, 2.75) is 19.3 Å². The van der Waals surface area contributed by atoms with Crippen LogP contribution in [0.1, 0.15) is 18.4 Å². The van der Waals surface area contributed by atoms with Crippen LogP contribution >= 0.6 is 0 Å². The van der Waals surface area contributed by atoms with Crippen LogP contribution in [0.3, 0.4) is 0 Å². The van der Waals surface area contributed by atoms with E-state index in [2.05, 4.69) is 0 Å². The van der Waals surface area contributed by atoms with Crippen LogP contribution in [0.4, 0.5) is 0 Å². The molecule has 1 aromatic rings. The van der Waals surface area contributed by atoms with E-state index in [0.29, 0.717) is 18.9 Å². The van der Waals surface area contributed by atoms with Crippen LogP contribution in [0, 0.1) is 17.8 Å². The fourth-order valence-corrected chi connectivity index (χ4v) is 2.98. The van der Waals surface area contributed by atoms with Gasteiger partial charge in [0.2, 0.25) is 0 Å². The molecule has 0 amide bonds. The molecule has 2 aliphatic carbocycles. The summed E-state index contributed by atoms with van der Waals surface area (Å²) in [6, 6.07) is 9.95. The first-order chi connectivity index (χ1) is 8.77. The molecule has 0 radical (unpaired) electrons. The first-order valence-electron chi connectivity index (χ1n) is 6.50. The van der Waals surface area contributed by atoms with Crippen molar-refractivity contribution in [2.24, 2.45) is 17.8 Å².